The maximum absolute atomic E-state index is 4.43. The van der Waals surface area contributed by atoms with Gasteiger partial charge >= 0.3 is 0 Å². The van der Waals surface area contributed by atoms with E-state index in [1.807, 2.05) is 13.0 Å². The van der Waals surface area contributed by atoms with Gasteiger partial charge in [-0.1, -0.05) is 46.0 Å². The molecule has 4 heteroatoms. The zero-order valence-electron chi connectivity index (χ0n) is 13.3. The molecule has 1 aromatic rings. The minimum absolute atomic E-state index is 0.816. The van der Waals surface area contributed by atoms with Crippen molar-refractivity contribution in [2.45, 2.75) is 65.7 Å². The van der Waals surface area contributed by atoms with E-state index in [1.165, 1.54) is 38.5 Å². The molecule has 0 saturated carbocycles. The summed E-state index contributed by atoms with van der Waals surface area (Å²) in [7, 11) is 0. The molecule has 1 aromatic heterocycles. The molecule has 0 aromatic carbocycles. The molecule has 1 rings (SSSR count). The van der Waals surface area contributed by atoms with Gasteiger partial charge in [0.05, 0.1) is 0 Å². The van der Waals surface area contributed by atoms with Crippen molar-refractivity contribution in [3.63, 3.8) is 0 Å². The van der Waals surface area contributed by atoms with Crippen molar-refractivity contribution in [1.82, 2.24) is 9.97 Å². The minimum atomic E-state index is 0.816. The Morgan fingerprint density at radius 1 is 0.800 bits per heavy atom. The molecule has 0 saturated heterocycles. The summed E-state index contributed by atoms with van der Waals surface area (Å²) in [6, 6.07) is 2.00. The Bertz CT molecular complexity index is 365. The molecule has 0 radical (unpaired) electrons. The average molecular weight is 278 g/mol. The molecule has 4 nitrogen and oxygen atoms in total. The summed E-state index contributed by atoms with van der Waals surface area (Å²) in [5, 5.41) is 6.71. The van der Waals surface area contributed by atoms with Gasteiger partial charge in [-0.2, -0.15) is 0 Å². The lowest BCUT2D eigenvalue weighted by atomic mass is 10.1. The van der Waals surface area contributed by atoms with E-state index in [-0.39, 0.29) is 0 Å². The van der Waals surface area contributed by atoms with Gasteiger partial charge in [-0.25, -0.2) is 9.97 Å². The highest BCUT2D eigenvalue weighted by molar-refractivity contribution is 5.47. The van der Waals surface area contributed by atoms with Gasteiger partial charge in [-0.3, -0.25) is 0 Å². The monoisotopic (exact) mass is 278 g/mol. The highest BCUT2D eigenvalue weighted by Crippen LogP contribution is 2.12. The Balaban J connectivity index is 2.26. The molecule has 0 amide bonds. The molecule has 0 atom stereocenters. The molecule has 0 aliphatic rings. The minimum Gasteiger partial charge on any atom is -0.370 e. The Kier molecular flexibility index (Phi) is 8.76. The lowest BCUT2D eigenvalue weighted by Gasteiger charge is -2.09. The lowest BCUT2D eigenvalue weighted by molar-refractivity contribution is 0.616. The molecule has 0 fully saturated rings. The summed E-state index contributed by atoms with van der Waals surface area (Å²) in [4.78, 5) is 8.81. The highest BCUT2D eigenvalue weighted by Gasteiger charge is 2.00. The van der Waals surface area contributed by atoms with Crippen LogP contribution in [0.3, 0.4) is 0 Å². The molecule has 2 N–H and O–H groups in total. The van der Waals surface area contributed by atoms with Crippen LogP contribution in [0.1, 0.15) is 64.6 Å². The summed E-state index contributed by atoms with van der Waals surface area (Å²) >= 11 is 0. The van der Waals surface area contributed by atoms with Gasteiger partial charge < -0.3 is 10.6 Å². The fraction of sp³-hybridized carbons (Fsp3) is 0.750. The number of aromatic nitrogens is 2. The van der Waals surface area contributed by atoms with Crippen LogP contribution in [0, 0.1) is 6.92 Å². The van der Waals surface area contributed by atoms with Gasteiger partial charge in [0.2, 0.25) is 0 Å². The third-order valence-corrected chi connectivity index (χ3v) is 3.23. The van der Waals surface area contributed by atoms with E-state index in [0.717, 1.165) is 37.0 Å². The van der Waals surface area contributed by atoms with E-state index in [9.17, 15) is 0 Å². The molecule has 0 spiro atoms. The number of aryl methyl sites for hydroxylation is 1. The molecular weight excluding hydrogens is 248 g/mol. The predicted octanol–water partition coefficient (Wildman–Crippen LogP) is 4.38. The number of nitrogens with zero attached hydrogens (tertiary/aromatic N) is 2. The zero-order valence-corrected chi connectivity index (χ0v) is 13.3. The second kappa shape index (κ2) is 10.5. The average Bonchev–Trinajstić information content (AvgIpc) is 2.43. The molecule has 114 valence electrons. The Morgan fingerprint density at radius 3 is 2.05 bits per heavy atom. The second-order valence-electron chi connectivity index (χ2n) is 5.31. The zero-order chi connectivity index (χ0) is 14.6. The fourth-order valence-corrected chi connectivity index (χ4v) is 2.12. The topological polar surface area (TPSA) is 49.8 Å². The first-order chi connectivity index (χ1) is 9.76. The standard InChI is InChI=1S/C16H30N4/c1-4-6-7-8-9-10-12-18-16-13-15(17-11-5-2)19-14(3)20-16/h13H,4-12H2,1-3H3,(H2,17,18,19,20). The first-order valence-electron chi connectivity index (χ1n) is 8.09. The van der Waals surface area contributed by atoms with Crippen LogP contribution in [0.5, 0.6) is 0 Å². The lowest BCUT2D eigenvalue weighted by Crippen LogP contribution is -2.08. The van der Waals surface area contributed by atoms with E-state index in [0.29, 0.717) is 0 Å². The first-order valence-corrected chi connectivity index (χ1v) is 8.09. The number of rotatable bonds is 11. The Labute approximate surface area is 123 Å². The number of hydrogen-bond acceptors (Lipinski definition) is 4. The molecular formula is C16H30N4. The smallest absolute Gasteiger partial charge is 0.131 e. The maximum Gasteiger partial charge on any atom is 0.131 e. The molecule has 0 aliphatic carbocycles. The molecule has 0 bridgehead atoms. The van der Waals surface area contributed by atoms with Crippen molar-refractivity contribution in [3.8, 4) is 0 Å². The third kappa shape index (κ3) is 7.31. The predicted molar refractivity (Wildman–Crippen MR) is 87.4 cm³/mol. The molecule has 0 aliphatic heterocycles. The van der Waals surface area contributed by atoms with Gasteiger partial charge in [-0.15, -0.1) is 0 Å². The van der Waals surface area contributed by atoms with Crippen molar-refractivity contribution in [2.75, 3.05) is 23.7 Å². The SMILES string of the molecule is CCCCCCCCNc1cc(NCCC)nc(C)n1. The van der Waals surface area contributed by atoms with Crippen molar-refractivity contribution in [1.29, 1.82) is 0 Å². The van der Waals surface area contributed by atoms with Crippen LogP contribution >= 0.6 is 0 Å². The van der Waals surface area contributed by atoms with Gasteiger partial charge in [-0.05, 0) is 19.8 Å². The van der Waals surface area contributed by atoms with E-state index in [2.05, 4.69) is 34.4 Å². The summed E-state index contributed by atoms with van der Waals surface area (Å²) in [5.41, 5.74) is 0. The highest BCUT2D eigenvalue weighted by atomic mass is 15.1. The van der Waals surface area contributed by atoms with Crippen LogP contribution < -0.4 is 10.6 Å². The summed E-state index contributed by atoms with van der Waals surface area (Å²) in [6.45, 7) is 8.29. The third-order valence-electron chi connectivity index (χ3n) is 3.23. The van der Waals surface area contributed by atoms with Crippen molar-refractivity contribution in [3.05, 3.63) is 11.9 Å². The van der Waals surface area contributed by atoms with E-state index in [4.69, 9.17) is 0 Å². The molecule has 20 heavy (non-hydrogen) atoms. The van der Waals surface area contributed by atoms with E-state index in [1.54, 1.807) is 0 Å². The normalized spacial score (nSPS) is 10.6. The van der Waals surface area contributed by atoms with Crippen molar-refractivity contribution < 1.29 is 0 Å². The summed E-state index contributed by atoms with van der Waals surface area (Å²) in [6.07, 6.45) is 9.01. The fourth-order valence-electron chi connectivity index (χ4n) is 2.12. The van der Waals surface area contributed by atoms with Gasteiger partial charge in [0.15, 0.2) is 0 Å². The largest absolute Gasteiger partial charge is 0.370 e. The van der Waals surface area contributed by atoms with Crippen molar-refractivity contribution >= 4 is 11.6 Å². The number of nitrogens with one attached hydrogen (secondary N) is 2. The van der Waals surface area contributed by atoms with E-state index < -0.39 is 0 Å². The Hall–Kier alpha value is -1.32. The Morgan fingerprint density at radius 2 is 1.40 bits per heavy atom. The number of anilines is 2. The number of hydrogen-bond donors (Lipinski definition) is 2. The van der Waals surface area contributed by atoms with Crippen LogP contribution in [0.2, 0.25) is 0 Å². The van der Waals surface area contributed by atoms with Crippen LogP contribution in [0.25, 0.3) is 0 Å². The quantitative estimate of drug-likeness (QED) is 0.590. The van der Waals surface area contributed by atoms with Crippen molar-refractivity contribution in [2.24, 2.45) is 0 Å². The first kappa shape index (κ1) is 16.7. The van der Waals surface area contributed by atoms with Gasteiger partial charge in [0.1, 0.15) is 17.5 Å². The maximum atomic E-state index is 4.43. The van der Waals surface area contributed by atoms with Crippen LogP contribution in [-0.4, -0.2) is 23.1 Å². The van der Waals surface area contributed by atoms with Crippen LogP contribution in [0.4, 0.5) is 11.6 Å². The summed E-state index contributed by atoms with van der Waals surface area (Å²) in [5.74, 6) is 2.67. The summed E-state index contributed by atoms with van der Waals surface area (Å²) < 4.78 is 0. The van der Waals surface area contributed by atoms with Crippen LogP contribution in [-0.2, 0) is 0 Å². The van der Waals surface area contributed by atoms with Gasteiger partial charge in [0.25, 0.3) is 0 Å². The number of unbranched alkanes of at least 4 members (excludes halogenated alkanes) is 5. The van der Waals surface area contributed by atoms with Crippen LogP contribution in [0.15, 0.2) is 6.07 Å². The van der Waals surface area contributed by atoms with Gasteiger partial charge in [0, 0.05) is 19.2 Å². The molecule has 0 unspecified atom stereocenters. The second-order valence-corrected chi connectivity index (χ2v) is 5.31. The van der Waals surface area contributed by atoms with E-state index >= 15 is 0 Å². The molecule has 1 heterocycles.